The molecule has 0 radical (unpaired) electrons. The van der Waals surface area contributed by atoms with Crippen LogP contribution in [0.1, 0.15) is 31.9 Å². The number of fused-ring (bicyclic) bond motifs is 1. The minimum Gasteiger partial charge on any atom is -0.505 e. The van der Waals surface area contributed by atoms with Crippen LogP contribution in [0.4, 0.5) is 0 Å². The van der Waals surface area contributed by atoms with E-state index in [9.17, 15) is 32.2 Å². The second kappa shape index (κ2) is 5.12. The number of hydrogen-bond acceptors (Lipinski definition) is 9. The molecule has 0 bridgehead atoms. The molecule has 0 saturated heterocycles. The summed E-state index contributed by atoms with van der Waals surface area (Å²) in [4.78, 5) is 0. The first-order valence-electron chi connectivity index (χ1n) is 6.05. The van der Waals surface area contributed by atoms with Crippen molar-refractivity contribution in [2.24, 2.45) is 5.14 Å². The summed E-state index contributed by atoms with van der Waals surface area (Å²) >= 11 is 0.277. The van der Waals surface area contributed by atoms with Gasteiger partial charge in [-0.1, -0.05) is 0 Å². The molecule has 12 heteroatoms. The Hall–Kier alpha value is -0.760. The van der Waals surface area contributed by atoms with Crippen molar-refractivity contribution in [3.05, 3.63) is 5.56 Å². The minimum absolute atomic E-state index is 0.207. The number of rotatable bonds is 3. The molecule has 0 fully saturated rings. The Bertz CT molecular complexity index is 804. The average molecular weight is 372 g/mol. The van der Waals surface area contributed by atoms with Crippen LogP contribution in [-0.2, 0) is 19.9 Å². The minimum atomic E-state index is -4.33. The third-order valence-electron chi connectivity index (χ3n) is 3.04. The van der Waals surface area contributed by atoms with Crippen LogP contribution in [0.3, 0.4) is 0 Å². The fourth-order valence-corrected chi connectivity index (χ4v) is 6.50. The monoisotopic (exact) mass is 372 g/mol. The normalized spacial score (nSPS) is 25.0. The molecule has 0 aliphatic carbocycles. The molecule has 2 rings (SSSR count). The number of aliphatic hydroxyl groups is 2. The molecule has 6 N–H and O–H groups in total. The standard InChI is InChI=1S/C10H16N2O7S3/c1-10(2,15)12-4-3-5(13)21(16,17)8-6(4)7(14)9(20-8)22(11,18)19/h4-5,12-15H,3H2,1-2H3,(H2,11,18,19). The maximum absolute atomic E-state index is 12.1. The van der Waals surface area contributed by atoms with Crippen LogP contribution < -0.4 is 10.5 Å². The Morgan fingerprint density at radius 3 is 2.41 bits per heavy atom. The second-order valence-corrected chi connectivity index (χ2v) is 10.6. The Balaban J connectivity index is 2.73. The topological polar surface area (TPSA) is 167 Å². The molecule has 22 heavy (non-hydrogen) atoms. The molecule has 1 aliphatic rings. The van der Waals surface area contributed by atoms with Crippen LogP contribution in [0, 0.1) is 0 Å². The fourth-order valence-electron chi connectivity index (χ4n) is 2.23. The zero-order valence-corrected chi connectivity index (χ0v) is 14.1. The predicted molar refractivity (Wildman–Crippen MR) is 77.3 cm³/mol. The summed E-state index contributed by atoms with van der Waals surface area (Å²) in [7, 11) is -8.53. The molecule has 9 nitrogen and oxygen atoms in total. The highest BCUT2D eigenvalue weighted by atomic mass is 32.3. The molecule has 1 aromatic rings. The molecule has 0 spiro atoms. The van der Waals surface area contributed by atoms with E-state index in [2.05, 4.69) is 5.32 Å². The highest BCUT2D eigenvalue weighted by molar-refractivity contribution is 7.95. The number of sulfonamides is 1. The Morgan fingerprint density at radius 1 is 1.41 bits per heavy atom. The molecule has 1 aliphatic heterocycles. The van der Waals surface area contributed by atoms with Crippen LogP contribution in [0.15, 0.2) is 8.42 Å². The molecule has 126 valence electrons. The summed E-state index contributed by atoms with van der Waals surface area (Å²) in [5.41, 5.74) is -3.44. The number of nitrogens with one attached hydrogen (secondary N) is 1. The maximum atomic E-state index is 12.1. The molecule has 2 heterocycles. The van der Waals surface area contributed by atoms with Crippen molar-refractivity contribution < 1.29 is 32.2 Å². The Labute approximate surface area is 131 Å². The molecular formula is C10H16N2O7S3. The van der Waals surface area contributed by atoms with E-state index in [-0.39, 0.29) is 23.3 Å². The average Bonchev–Trinajstić information content (AvgIpc) is 2.63. The van der Waals surface area contributed by atoms with Gasteiger partial charge in [-0.15, -0.1) is 11.3 Å². The van der Waals surface area contributed by atoms with Crippen LogP contribution in [0.25, 0.3) is 0 Å². The van der Waals surface area contributed by atoms with Gasteiger partial charge < -0.3 is 15.3 Å². The first kappa shape index (κ1) is 17.6. The van der Waals surface area contributed by atoms with Crippen molar-refractivity contribution in [1.29, 1.82) is 0 Å². The van der Waals surface area contributed by atoms with E-state index in [1.165, 1.54) is 13.8 Å². The van der Waals surface area contributed by atoms with Crippen molar-refractivity contribution in [2.75, 3.05) is 0 Å². The SMILES string of the molecule is CC(C)(O)NC1CC(O)S(=O)(=O)c2sc(S(N)(=O)=O)c(O)c21. The van der Waals surface area contributed by atoms with Gasteiger partial charge in [-0.05, 0) is 13.8 Å². The molecule has 0 aromatic carbocycles. The summed E-state index contributed by atoms with van der Waals surface area (Å²) in [6.07, 6.45) is -0.353. The highest BCUT2D eigenvalue weighted by Crippen LogP contribution is 2.49. The lowest BCUT2D eigenvalue weighted by atomic mass is 10.0. The zero-order valence-electron chi connectivity index (χ0n) is 11.6. The van der Waals surface area contributed by atoms with Crippen molar-refractivity contribution >= 4 is 31.2 Å². The van der Waals surface area contributed by atoms with Gasteiger partial charge in [0.2, 0.25) is 9.84 Å². The van der Waals surface area contributed by atoms with Gasteiger partial charge in [0.15, 0.2) is 15.4 Å². The van der Waals surface area contributed by atoms with E-state index in [0.29, 0.717) is 0 Å². The van der Waals surface area contributed by atoms with Gasteiger partial charge in [0.05, 0.1) is 0 Å². The Morgan fingerprint density at radius 2 is 1.95 bits per heavy atom. The lowest BCUT2D eigenvalue weighted by Gasteiger charge is -2.32. The van der Waals surface area contributed by atoms with Gasteiger partial charge in [-0.25, -0.2) is 22.0 Å². The van der Waals surface area contributed by atoms with E-state index in [4.69, 9.17) is 5.14 Å². The predicted octanol–water partition coefficient (Wildman–Crippen LogP) is -1.04. The Kier molecular flexibility index (Phi) is 4.10. The summed E-state index contributed by atoms with van der Waals surface area (Å²) in [6.45, 7) is 2.76. The smallest absolute Gasteiger partial charge is 0.251 e. The van der Waals surface area contributed by atoms with E-state index < -0.39 is 51.2 Å². The van der Waals surface area contributed by atoms with Crippen molar-refractivity contribution in [2.45, 2.75) is 45.9 Å². The highest BCUT2D eigenvalue weighted by Gasteiger charge is 2.44. The number of thiophene rings is 1. The third kappa shape index (κ3) is 2.99. The quantitative estimate of drug-likeness (QED) is 0.419. The molecular weight excluding hydrogens is 356 g/mol. The molecule has 0 saturated carbocycles. The van der Waals surface area contributed by atoms with Crippen LogP contribution >= 0.6 is 11.3 Å². The number of sulfone groups is 1. The largest absolute Gasteiger partial charge is 0.505 e. The summed E-state index contributed by atoms with van der Waals surface area (Å²) in [5, 5.41) is 37.3. The first-order chi connectivity index (χ1) is 9.75. The van der Waals surface area contributed by atoms with Gasteiger partial charge in [0, 0.05) is 18.0 Å². The number of primary sulfonamides is 1. The fraction of sp³-hybridized carbons (Fsp3) is 0.600. The van der Waals surface area contributed by atoms with Crippen molar-refractivity contribution in [3.63, 3.8) is 0 Å². The second-order valence-electron chi connectivity index (χ2n) is 5.48. The van der Waals surface area contributed by atoms with Crippen LogP contribution in [0.2, 0.25) is 0 Å². The number of aromatic hydroxyl groups is 1. The summed E-state index contributed by atoms with van der Waals surface area (Å²) in [6, 6.07) is -0.958. The summed E-state index contributed by atoms with van der Waals surface area (Å²) in [5.74, 6) is -0.778. The molecule has 0 amide bonds. The lowest BCUT2D eigenvalue weighted by molar-refractivity contribution is 0.0242. The van der Waals surface area contributed by atoms with Gasteiger partial charge in [-0.3, -0.25) is 5.32 Å². The molecule has 2 atom stereocenters. The summed E-state index contributed by atoms with van der Waals surface area (Å²) < 4.78 is 46.0. The van der Waals surface area contributed by atoms with Crippen molar-refractivity contribution in [1.82, 2.24) is 5.32 Å². The number of nitrogens with two attached hydrogens (primary N) is 1. The number of hydrogen-bond donors (Lipinski definition) is 5. The van der Waals surface area contributed by atoms with E-state index in [1.807, 2.05) is 0 Å². The van der Waals surface area contributed by atoms with Crippen LogP contribution in [-0.4, -0.2) is 43.3 Å². The molecule has 2 unspecified atom stereocenters. The maximum Gasteiger partial charge on any atom is 0.251 e. The third-order valence-corrected chi connectivity index (χ3v) is 8.08. The van der Waals surface area contributed by atoms with Crippen molar-refractivity contribution in [3.8, 4) is 5.75 Å². The van der Waals surface area contributed by atoms with Gasteiger partial charge in [0.1, 0.15) is 9.93 Å². The van der Waals surface area contributed by atoms with Crippen LogP contribution in [0.5, 0.6) is 5.75 Å². The van der Waals surface area contributed by atoms with E-state index >= 15 is 0 Å². The van der Waals surface area contributed by atoms with Gasteiger partial charge in [0.25, 0.3) is 10.0 Å². The molecule has 1 aromatic heterocycles. The number of aliphatic hydroxyl groups excluding tert-OH is 1. The van der Waals surface area contributed by atoms with Gasteiger partial charge in [-0.2, -0.15) is 0 Å². The lowest BCUT2D eigenvalue weighted by Crippen LogP contribution is -2.45. The van der Waals surface area contributed by atoms with E-state index in [1.54, 1.807) is 0 Å². The van der Waals surface area contributed by atoms with E-state index in [0.717, 1.165) is 0 Å². The van der Waals surface area contributed by atoms with Gasteiger partial charge >= 0.3 is 0 Å². The zero-order chi connectivity index (χ0) is 17.1. The first-order valence-corrected chi connectivity index (χ1v) is 9.96.